The zero-order chi connectivity index (χ0) is 16.9. The molecule has 7 nitrogen and oxygen atoms in total. The van der Waals surface area contributed by atoms with E-state index in [1.54, 1.807) is 38.1 Å². The summed E-state index contributed by atoms with van der Waals surface area (Å²) in [5, 5.41) is 4.06. The third-order valence-corrected chi connectivity index (χ3v) is 4.55. The summed E-state index contributed by atoms with van der Waals surface area (Å²) >= 11 is 0. The minimum Gasteiger partial charge on any atom is -0.492 e. The van der Waals surface area contributed by atoms with Crippen LogP contribution in [-0.4, -0.2) is 31.3 Å². The summed E-state index contributed by atoms with van der Waals surface area (Å²) in [6.07, 6.45) is 0. The fraction of sp³-hybridized carbons (Fsp3) is 0.333. The summed E-state index contributed by atoms with van der Waals surface area (Å²) < 4.78 is 33.8. The largest absolute Gasteiger partial charge is 0.492 e. The van der Waals surface area contributed by atoms with E-state index in [9.17, 15) is 13.2 Å². The molecule has 0 saturated carbocycles. The van der Waals surface area contributed by atoms with Gasteiger partial charge in [-0.05, 0) is 32.0 Å². The third-order valence-electron chi connectivity index (χ3n) is 3.05. The monoisotopic (exact) mass is 337 g/mol. The minimum absolute atomic E-state index is 0.0547. The molecule has 1 aromatic heterocycles. The first kappa shape index (κ1) is 17.2. The predicted molar refractivity (Wildman–Crippen MR) is 86.0 cm³/mol. The molecule has 2 rings (SSSR count). The zero-order valence-corrected chi connectivity index (χ0v) is 13.8. The number of nitrogens with zero attached hydrogens (tertiary/aromatic N) is 2. The summed E-state index contributed by atoms with van der Waals surface area (Å²) in [6, 6.07) is 9.43. The molecule has 0 aliphatic rings. The van der Waals surface area contributed by atoms with Crippen LogP contribution >= 0.6 is 0 Å². The maximum Gasteiger partial charge on any atom is 0.266 e. The lowest BCUT2D eigenvalue weighted by atomic mass is 10.3. The Morgan fingerprint density at radius 2 is 1.96 bits per heavy atom. The van der Waals surface area contributed by atoms with E-state index in [1.165, 1.54) is 16.8 Å². The SMILES string of the molecule is CCOc1ccccc1S(=O)(=O)NCCn1nc(C)ccc1=O. The lowest BCUT2D eigenvalue weighted by Gasteiger charge is -2.12. The number of aryl methyl sites for hydroxylation is 1. The van der Waals surface area contributed by atoms with Crippen LogP contribution in [0.2, 0.25) is 0 Å². The van der Waals surface area contributed by atoms with E-state index in [-0.39, 0.29) is 23.5 Å². The highest BCUT2D eigenvalue weighted by Gasteiger charge is 2.18. The van der Waals surface area contributed by atoms with Crippen molar-refractivity contribution in [1.82, 2.24) is 14.5 Å². The highest BCUT2D eigenvalue weighted by Crippen LogP contribution is 2.22. The van der Waals surface area contributed by atoms with E-state index < -0.39 is 10.0 Å². The van der Waals surface area contributed by atoms with Crippen molar-refractivity contribution in [2.24, 2.45) is 0 Å². The number of nitrogens with one attached hydrogen (secondary N) is 1. The van der Waals surface area contributed by atoms with Gasteiger partial charge >= 0.3 is 0 Å². The normalized spacial score (nSPS) is 11.4. The maximum absolute atomic E-state index is 12.4. The number of hydrogen-bond donors (Lipinski definition) is 1. The van der Waals surface area contributed by atoms with E-state index in [1.807, 2.05) is 0 Å². The van der Waals surface area contributed by atoms with Gasteiger partial charge in [0.1, 0.15) is 10.6 Å². The minimum atomic E-state index is -3.72. The van der Waals surface area contributed by atoms with E-state index >= 15 is 0 Å². The van der Waals surface area contributed by atoms with Crippen LogP contribution in [0.3, 0.4) is 0 Å². The van der Waals surface area contributed by atoms with Crippen molar-refractivity contribution >= 4 is 10.0 Å². The summed E-state index contributed by atoms with van der Waals surface area (Å²) in [4.78, 5) is 11.7. The first-order valence-corrected chi connectivity index (χ1v) is 8.68. The van der Waals surface area contributed by atoms with Crippen LogP contribution in [0.15, 0.2) is 46.1 Å². The summed E-state index contributed by atoms with van der Waals surface area (Å²) in [5.74, 6) is 0.299. The molecule has 0 radical (unpaired) electrons. The van der Waals surface area contributed by atoms with Crippen molar-refractivity contribution in [3.63, 3.8) is 0 Å². The van der Waals surface area contributed by atoms with Gasteiger partial charge in [-0.25, -0.2) is 17.8 Å². The lowest BCUT2D eigenvalue weighted by Crippen LogP contribution is -2.32. The Morgan fingerprint density at radius 1 is 1.22 bits per heavy atom. The van der Waals surface area contributed by atoms with Gasteiger partial charge in [-0.3, -0.25) is 4.79 Å². The molecule has 1 aromatic carbocycles. The van der Waals surface area contributed by atoms with Gasteiger partial charge in [0.2, 0.25) is 10.0 Å². The van der Waals surface area contributed by atoms with Crippen molar-refractivity contribution in [2.45, 2.75) is 25.3 Å². The number of para-hydroxylation sites is 1. The second-order valence-corrected chi connectivity index (χ2v) is 6.55. The highest BCUT2D eigenvalue weighted by molar-refractivity contribution is 7.89. The first-order chi connectivity index (χ1) is 10.9. The molecule has 0 aliphatic carbocycles. The van der Waals surface area contributed by atoms with Crippen LogP contribution in [0.1, 0.15) is 12.6 Å². The Balaban J connectivity index is 2.10. The second kappa shape index (κ2) is 7.38. The standard InChI is InChI=1S/C15H19N3O4S/c1-3-22-13-6-4-5-7-14(13)23(20,21)16-10-11-18-15(19)9-8-12(2)17-18/h4-9,16H,3,10-11H2,1-2H3. The number of rotatable bonds is 7. The molecule has 8 heteroatoms. The maximum atomic E-state index is 12.4. The fourth-order valence-electron chi connectivity index (χ4n) is 2.02. The van der Waals surface area contributed by atoms with Crippen LogP contribution in [0, 0.1) is 6.92 Å². The van der Waals surface area contributed by atoms with Gasteiger partial charge in [-0.1, -0.05) is 12.1 Å². The molecule has 0 atom stereocenters. The predicted octanol–water partition coefficient (Wildman–Crippen LogP) is 0.929. The van der Waals surface area contributed by atoms with Crippen molar-refractivity contribution in [3.05, 3.63) is 52.4 Å². The summed E-state index contributed by atoms with van der Waals surface area (Å²) in [5.41, 5.74) is 0.415. The van der Waals surface area contributed by atoms with Gasteiger partial charge < -0.3 is 4.74 Å². The van der Waals surface area contributed by atoms with Crippen LogP contribution in [0.5, 0.6) is 5.75 Å². The van der Waals surface area contributed by atoms with E-state index in [0.717, 1.165) is 0 Å². The molecule has 0 saturated heterocycles. The van der Waals surface area contributed by atoms with Crippen molar-refractivity contribution in [3.8, 4) is 5.75 Å². The van der Waals surface area contributed by atoms with Crippen LogP contribution in [-0.2, 0) is 16.6 Å². The van der Waals surface area contributed by atoms with Crippen LogP contribution in [0.4, 0.5) is 0 Å². The van der Waals surface area contributed by atoms with E-state index in [0.29, 0.717) is 18.1 Å². The van der Waals surface area contributed by atoms with Gasteiger partial charge in [0.05, 0.1) is 18.8 Å². The van der Waals surface area contributed by atoms with Crippen molar-refractivity contribution in [2.75, 3.05) is 13.2 Å². The number of hydrogen-bond acceptors (Lipinski definition) is 5. The molecule has 0 spiro atoms. The van der Waals surface area contributed by atoms with Gasteiger partial charge in [0, 0.05) is 12.6 Å². The van der Waals surface area contributed by atoms with Crippen LogP contribution in [0.25, 0.3) is 0 Å². The third kappa shape index (κ3) is 4.40. The smallest absolute Gasteiger partial charge is 0.266 e. The Hall–Kier alpha value is -2.19. The Morgan fingerprint density at radius 3 is 2.70 bits per heavy atom. The van der Waals surface area contributed by atoms with Gasteiger partial charge in [0.15, 0.2) is 0 Å². The molecule has 124 valence electrons. The Bertz CT molecular complexity index is 831. The fourth-order valence-corrected chi connectivity index (χ4v) is 3.19. The Labute approximate surface area is 135 Å². The number of aromatic nitrogens is 2. The average Bonchev–Trinajstić information content (AvgIpc) is 2.51. The van der Waals surface area contributed by atoms with Crippen molar-refractivity contribution in [1.29, 1.82) is 0 Å². The molecule has 0 amide bonds. The topological polar surface area (TPSA) is 90.3 Å². The molecule has 1 heterocycles. The molecule has 0 aliphatic heterocycles. The molecular weight excluding hydrogens is 318 g/mol. The van der Waals surface area contributed by atoms with Crippen molar-refractivity contribution < 1.29 is 13.2 Å². The summed E-state index contributed by atoms with van der Waals surface area (Å²) in [7, 11) is -3.72. The molecule has 1 N–H and O–H groups in total. The molecule has 0 unspecified atom stereocenters. The van der Waals surface area contributed by atoms with Crippen LogP contribution < -0.4 is 15.0 Å². The molecule has 23 heavy (non-hydrogen) atoms. The zero-order valence-electron chi connectivity index (χ0n) is 13.0. The molecular formula is C15H19N3O4S. The number of sulfonamides is 1. The van der Waals surface area contributed by atoms with Gasteiger partial charge in [-0.2, -0.15) is 5.10 Å². The average molecular weight is 337 g/mol. The highest BCUT2D eigenvalue weighted by atomic mass is 32.2. The molecule has 2 aromatic rings. The van der Waals surface area contributed by atoms with E-state index in [4.69, 9.17) is 4.74 Å². The van der Waals surface area contributed by atoms with Gasteiger partial charge in [0.25, 0.3) is 5.56 Å². The lowest BCUT2D eigenvalue weighted by molar-refractivity contribution is 0.331. The number of ether oxygens (including phenoxy) is 1. The second-order valence-electron chi connectivity index (χ2n) is 4.81. The summed E-state index contributed by atoms with van der Waals surface area (Å²) in [6.45, 7) is 4.12. The Kier molecular flexibility index (Phi) is 5.51. The quantitative estimate of drug-likeness (QED) is 0.812. The number of benzene rings is 1. The molecule has 0 bridgehead atoms. The first-order valence-electron chi connectivity index (χ1n) is 7.20. The van der Waals surface area contributed by atoms with Gasteiger partial charge in [-0.15, -0.1) is 0 Å². The molecule has 0 fully saturated rings. The van der Waals surface area contributed by atoms with E-state index in [2.05, 4.69) is 9.82 Å².